The maximum absolute atomic E-state index is 12.6. The molecule has 0 aliphatic heterocycles. The number of carbonyl (C=O) groups is 1. The number of halogens is 2. The van der Waals surface area contributed by atoms with E-state index in [1.165, 1.54) is 12.1 Å². The molecule has 1 amide bonds. The molecule has 0 unspecified atom stereocenters. The summed E-state index contributed by atoms with van der Waals surface area (Å²) in [6.45, 7) is -0.248. The van der Waals surface area contributed by atoms with E-state index in [2.05, 4.69) is 0 Å². The van der Waals surface area contributed by atoms with Crippen molar-refractivity contribution < 1.29 is 13.9 Å². The molecular weight excluding hydrogens is 197 g/mol. The van der Waals surface area contributed by atoms with Gasteiger partial charge in [-0.15, -0.1) is 0 Å². The lowest BCUT2D eigenvalue weighted by Gasteiger charge is -2.03. The molecule has 0 spiro atoms. The zero-order valence-electron chi connectivity index (χ0n) is 6.59. The van der Waals surface area contributed by atoms with Gasteiger partial charge in [0, 0.05) is 6.07 Å². The van der Waals surface area contributed by atoms with Crippen molar-refractivity contribution >= 4 is 17.5 Å². The molecule has 0 aliphatic rings. The quantitative estimate of drug-likeness (QED) is 0.806. The minimum Gasteiger partial charge on any atom is -0.484 e. The Hall–Kier alpha value is -1.29. The van der Waals surface area contributed by atoms with E-state index in [4.69, 9.17) is 22.1 Å². The summed E-state index contributed by atoms with van der Waals surface area (Å²) in [5.41, 5.74) is 4.84. The second-order valence-electron chi connectivity index (χ2n) is 2.33. The van der Waals surface area contributed by atoms with Crippen LogP contribution in [-0.2, 0) is 4.79 Å². The van der Waals surface area contributed by atoms with Gasteiger partial charge in [0.15, 0.2) is 6.61 Å². The van der Waals surface area contributed by atoms with Gasteiger partial charge in [0.05, 0.1) is 5.02 Å². The zero-order chi connectivity index (χ0) is 9.84. The molecule has 2 N–H and O–H groups in total. The van der Waals surface area contributed by atoms with Crippen molar-refractivity contribution in [3.05, 3.63) is 29.0 Å². The second-order valence-corrected chi connectivity index (χ2v) is 2.74. The molecule has 1 aromatic rings. The van der Waals surface area contributed by atoms with E-state index in [0.717, 1.165) is 6.07 Å². The molecule has 70 valence electrons. The Labute approximate surface area is 79.2 Å². The second kappa shape index (κ2) is 4.09. The topological polar surface area (TPSA) is 52.3 Å². The van der Waals surface area contributed by atoms with Crippen molar-refractivity contribution in [3.8, 4) is 5.75 Å². The Balaban J connectivity index is 2.68. The lowest BCUT2D eigenvalue weighted by atomic mass is 10.3. The van der Waals surface area contributed by atoms with E-state index in [9.17, 15) is 9.18 Å². The van der Waals surface area contributed by atoms with Crippen LogP contribution < -0.4 is 10.5 Å². The number of rotatable bonds is 3. The average Bonchev–Trinajstić information content (AvgIpc) is 2.07. The summed E-state index contributed by atoms with van der Waals surface area (Å²) >= 11 is 5.46. The fourth-order valence-corrected chi connectivity index (χ4v) is 0.892. The minimum atomic E-state index is -0.597. The Kier molecular flexibility index (Phi) is 3.08. The highest BCUT2D eigenvalue weighted by molar-refractivity contribution is 6.30. The Morgan fingerprint density at radius 2 is 2.31 bits per heavy atom. The fraction of sp³-hybridized carbons (Fsp3) is 0.125. The molecule has 0 saturated heterocycles. The first-order valence-electron chi connectivity index (χ1n) is 3.46. The summed E-state index contributed by atoms with van der Waals surface area (Å²) in [5, 5.41) is -0.0537. The van der Waals surface area contributed by atoms with E-state index in [1.807, 2.05) is 0 Å². The highest BCUT2D eigenvalue weighted by Crippen LogP contribution is 2.20. The monoisotopic (exact) mass is 203 g/mol. The largest absolute Gasteiger partial charge is 0.484 e. The third kappa shape index (κ3) is 2.91. The van der Waals surface area contributed by atoms with Crippen molar-refractivity contribution in [2.45, 2.75) is 0 Å². The van der Waals surface area contributed by atoms with E-state index >= 15 is 0 Å². The van der Waals surface area contributed by atoms with Gasteiger partial charge in [-0.05, 0) is 12.1 Å². The van der Waals surface area contributed by atoms with Crippen molar-refractivity contribution in [1.82, 2.24) is 0 Å². The summed E-state index contributed by atoms with van der Waals surface area (Å²) in [7, 11) is 0. The molecule has 0 fully saturated rings. The van der Waals surface area contributed by atoms with Gasteiger partial charge in [0.25, 0.3) is 5.91 Å². The summed E-state index contributed by atoms with van der Waals surface area (Å²) < 4.78 is 17.5. The van der Waals surface area contributed by atoms with Crippen LogP contribution in [0.25, 0.3) is 0 Å². The van der Waals surface area contributed by atoms with Crippen LogP contribution in [0.3, 0.4) is 0 Å². The lowest BCUT2D eigenvalue weighted by molar-refractivity contribution is -0.119. The SMILES string of the molecule is NC(=O)COc1ccc(F)c(Cl)c1. The van der Waals surface area contributed by atoms with Crippen molar-refractivity contribution in [2.75, 3.05) is 6.61 Å². The Morgan fingerprint density at radius 1 is 1.62 bits per heavy atom. The van der Waals surface area contributed by atoms with E-state index in [-0.39, 0.29) is 11.6 Å². The third-order valence-electron chi connectivity index (χ3n) is 1.27. The van der Waals surface area contributed by atoms with Gasteiger partial charge >= 0.3 is 0 Å². The molecule has 13 heavy (non-hydrogen) atoms. The van der Waals surface area contributed by atoms with Gasteiger partial charge in [-0.3, -0.25) is 4.79 Å². The first-order chi connectivity index (χ1) is 6.09. The van der Waals surface area contributed by atoms with Gasteiger partial charge in [0.1, 0.15) is 11.6 Å². The normalized spacial score (nSPS) is 9.69. The van der Waals surface area contributed by atoms with Crippen molar-refractivity contribution in [3.63, 3.8) is 0 Å². The molecule has 0 saturated carbocycles. The summed E-state index contributed by atoms with van der Waals surface area (Å²) in [4.78, 5) is 10.3. The number of ether oxygens (including phenoxy) is 1. The van der Waals surface area contributed by atoms with Gasteiger partial charge in [-0.1, -0.05) is 11.6 Å². The lowest BCUT2D eigenvalue weighted by Crippen LogP contribution is -2.19. The molecule has 3 nitrogen and oxygen atoms in total. The summed E-state index contributed by atoms with van der Waals surface area (Å²) in [6.07, 6.45) is 0. The molecule has 0 heterocycles. The smallest absolute Gasteiger partial charge is 0.255 e. The van der Waals surface area contributed by atoms with Crippen LogP contribution in [0, 0.1) is 5.82 Å². The van der Waals surface area contributed by atoms with E-state index in [1.54, 1.807) is 0 Å². The molecule has 0 bridgehead atoms. The standard InChI is InChI=1S/C8H7ClFNO2/c9-6-3-5(1-2-7(6)10)13-4-8(11)12/h1-3H,4H2,(H2,11,12). The van der Waals surface area contributed by atoms with E-state index in [0.29, 0.717) is 5.75 Å². The minimum absolute atomic E-state index is 0.0537. The van der Waals surface area contributed by atoms with Crippen molar-refractivity contribution in [1.29, 1.82) is 0 Å². The van der Waals surface area contributed by atoms with Crippen LogP contribution in [0.5, 0.6) is 5.75 Å². The number of hydrogen-bond donors (Lipinski definition) is 1. The molecule has 5 heteroatoms. The highest BCUT2D eigenvalue weighted by atomic mass is 35.5. The first kappa shape index (κ1) is 9.80. The summed E-state index contributed by atoms with van der Waals surface area (Å²) in [6, 6.07) is 3.79. The van der Waals surface area contributed by atoms with Crippen LogP contribution in [0.2, 0.25) is 5.02 Å². The van der Waals surface area contributed by atoms with Gasteiger partial charge < -0.3 is 10.5 Å². The number of nitrogens with two attached hydrogens (primary N) is 1. The van der Waals surface area contributed by atoms with Gasteiger partial charge in [-0.25, -0.2) is 4.39 Å². The predicted molar refractivity (Wildman–Crippen MR) is 46.1 cm³/mol. The number of benzene rings is 1. The number of carbonyl (C=O) groups excluding carboxylic acids is 1. The number of hydrogen-bond acceptors (Lipinski definition) is 2. The molecule has 0 aromatic heterocycles. The molecule has 1 aromatic carbocycles. The third-order valence-corrected chi connectivity index (χ3v) is 1.56. The Bertz CT molecular complexity index is 330. The first-order valence-corrected chi connectivity index (χ1v) is 3.83. The molecular formula is C8H7ClFNO2. The molecule has 0 aliphatic carbocycles. The molecule has 0 radical (unpaired) electrons. The van der Waals surface area contributed by atoms with Gasteiger partial charge in [-0.2, -0.15) is 0 Å². The van der Waals surface area contributed by atoms with Crippen LogP contribution in [0.1, 0.15) is 0 Å². The average molecular weight is 204 g/mol. The van der Waals surface area contributed by atoms with Crippen LogP contribution in [-0.4, -0.2) is 12.5 Å². The highest BCUT2D eigenvalue weighted by Gasteiger charge is 2.02. The number of primary amides is 1. The maximum atomic E-state index is 12.6. The molecule has 1 rings (SSSR count). The zero-order valence-corrected chi connectivity index (χ0v) is 7.34. The van der Waals surface area contributed by atoms with Crippen molar-refractivity contribution in [2.24, 2.45) is 5.73 Å². The van der Waals surface area contributed by atoms with Gasteiger partial charge in [0.2, 0.25) is 0 Å². The van der Waals surface area contributed by atoms with Crippen LogP contribution >= 0.6 is 11.6 Å². The van der Waals surface area contributed by atoms with Crippen LogP contribution in [0.15, 0.2) is 18.2 Å². The van der Waals surface area contributed by atoms with Crippen LogP contribution in [0.4, 0.5) is 4.39 Å². The van der Waals surface area contributed by atoms with E-state index < -0.39 is 11.7 Å². The molecule has 0 atom stereocenters. The summed E-state index contributed by atoms with van der Waals surface area (Å²) in [5.74, 6) is -0.821. The predicted octanol–water partition coefficient (Wildman–Crippen LogP) is 1.34. The Morgan fingerprint density at radius 3 is 2.85 bits per heavy atom. The fourth-order valence-electron chi connectivity index (χ4n) is 0.721. The number of amides is 1. The maximum Gasteiger partial charge on any atom is 0.255 e.